The van der Waals surface area contributed by atoms with Crippen LogP contribution in [0.2, 0.25) is 0 Å². The predicted molar refractivity (Wildman–Crippen MR) is 76.0 cm³/mol. The minimum Gasteiger partial charge on any atom is -0.323 e. The molecule has 2 aromatic rings. The number of halogens is 1. The third kappa shape index (κ3) is 2.42. The number of nitrogen functional groups attached to an aromatic ring is 1. The molecular formula is C13H16BrN3. The molecule has 2 rings (SSSR count). The Hall–Kier alpha value is -1.13. The average Bonchev–Trinajstić information content (AvgIpc) is 2.29. The highest BCUT2D eigenvalue weighted by Gasteiger charge is 2.08. The number of rotatable bonds is 3. The van der Waals surface area contributed by atoms with Gasteiger partial charge in [-0.2, -0.15) is 0 Å². The summed E-state index contributed by atoms with van der Waals surface area (Å²) in [6.07, 6.45) is 2.04. The van der Waals surface area contributed by atoms with E-state index >= 15 is 0 Å². The predicted octanol–water partition coefficient (Wildman–Crippen LogP) is 3.54. The fourth-order valence-corrected chi connectivity index (χ4v) is 2.64. The van der Waals surface area contributed by atoms with E-state index in [1.165, 1.54) is 5.56 Å². The molecular weight excluding hydrogens is 278 g/mol. The molecule has 3 N–H and O–H groups in total. The van der Waals surface area contributed by atoms with Crippen LogP contribution < -0.4 is 11.3 Å². The molecule has 1 heterocycles. The van der Waals surface area contributed by atoms with E-state index in [1.807, 2.05) is 6.07 Å². The molecule has 90 valence electrons. The molecule has 17 heavy (non-hydrogen) atoms. The van der Waals surface area contributed by atoms with Gasteiger partial charge in [0.25, 0.3) is 0 Å². The van der Waals surface area contributed by atoms with Gasteiger partial charge < -0.3 is 5.43 Å². The topological polar surface area (TPSA) is 50.9 Å². The normalized spacial score (nSPS) is 10.8. The molecule has 0 aliphatic rings. The van der Waals surface area contributed by atoms with Crippen molar-refractivity contribution in [3.05, 3.63) is 33.9 Å². The van der Waals surface area contributed by atoms with Gasteiger partial charge in [-0.15, -0.1) is 0 Å². The molecule has 0 saturated carbocycles. The van der Waals surface area contributed by atoms with Gasteiger partial charge in [0.1, 0.15) is 0 Å². The van der Waals surface area contributed by atoms with E-state index in [2.05, 4.69) is 52.3 Å². The van der Waals surface area contributed by atoms with E-state index in [9.17, 15) is 0 Å². The number of hydrogen-bond donors (Lipinski definition) is 2. The number of nitrogens with one attached hydrogen (secondary N) is 1. The molecule has 3 nitrogen and oxygen atoms in total. The number of pyridine rings is 1. The molecule has 0 aliphatic carbocycles. The average molecular weight is 294 g/mol. The third-order valence-electron chi connectivity index (χ3n) is 2.73. The smallest absolute Gasteiger partial charge is 0.0868 e. The molecule has 0 spiro atoms. The Morgan fingerprint density at radius 2 is 2.12 bits per heavy atom. The lowest BCUT2D eigenvalue weighted by atomic mass is 10.1. The summed E-state index contributed by atoms with van der Waals surface area (Å²) in [6, 6.07) is 6.20. The first kappa shape index (κ1) is 12.3. The Labute approximate surface area is 110 Å². The Morgan fingerprint density at radius 3 is 2.76 bits per heavy atom. The highest BCUT2D eigenvalue weighted by Crippen LogP contribution is 2.30. The number of nitrogens with zero attached hydrogens (tertiary/aromatic N) is 1. The Bertz CT molecular complexity index is 552. The first-order valence-electron chi connectivity index (χ1n) is 5.72. The molecule has 1 aromatic carbocycles. The molecule has 0 bridgehead atoms. The van der Waals surface area contributed by atoms with Gasteiger partial charge in [-0.25, -0.2) is 0 Å². The summed E-state index contributed by atoms with van der Waals surface area (Å²) in [4.78, 5) is 4.67. The fraction of sp³-hybridized carbons (Fsp3) is 0.308. The molecule has 0 atom stereocenters. The zero-order valence-electron chi connectivity index (χ0n) is 10.0. The Morgan fingerprint density at radius 1 is 1.35 bits per heavy atom. The minimum atomic E-state index is 0.933. The maximum Gasteiger partial charge on any atom is 0.0868 e. The minimum absolute atomic E-state index is 0.933. The molecule has 4 heteroatoms. The van der Waals surface area contributed by atoms with Crippen LogP contribution in [0.1, 0.15) is 24.6 Å². The van der Waals surface area contributed by atoms with Gasteiger partial charge in [0.05, 0.1) is 11.2 Å². The van der Waals surface area contributed by atoms with E-state index in [4.69, 9.17) is 5.84 Å². The van der Waals surface area contributed by atoms with Gasteiger partial charge in [-0.05, 0) is 53.0 Å². The second-order valence-electron chi connectivity index (χ2n) is 4.20. The third-order valence-corrected chi connectivity index (χ3v) is 3.33. The van der Waals surface area contributed by atoms with Crippen LogP contribution >= 0.6 is 15.9 Å². The standard InChI is InChI=1S/C13H16BrN3/c1-3-4-9-7-12(17-15)10-5-8(2)6-11(14)13(10)16-9/h5-7H,3-4,15H2,1-2H3,(H,16,17). The highest BCUT2D eigenvalue weighted by atomic mass is 79.9. The number of aryl methyl sites for hydroxylation is 2. The molecule has 0 saturated heterocycles. The zero-order chi connectivity index (χ0) is 12.4. The van der Waals surface area contributed by atoms with Crippen LogP contribution in [-0.4, -0.2) is 4.98 Å². The first-order chi connectivity index (χ1) is 8.15. The summed E-state index contributed by atoms with van der Waals surface area (Å²) in [7, 11) is 0. The van der Waals surface area contributed by atoms with E-state index in [1.54, 1.807) is 0 Å². The van der Waals surface area contributed by atoms with Crippen molar-refractivity contribution in [3.8, 4) is 0 Å². The monoisotopic (exact) mass is 293 g/mol. The van der Waals surface area contributed by atoms with Gasteiger partial charge in [-0.3, -0.25) is 10.8 Å². The maximum absolute atomic E-state index is 5.59. The lowest BCUT2D eigenvalue weighted by Gasteiger charge is -2.10. The van der Waals surface area contributed by atoms with Gasteiger partial charge in [0.15, 0.2) is 0 Å². The molecule has 0 amide bonds. The number of nitrogens with two attached hydrogens (primary N) is 1. The van der Waals surface area contributed by atoms with Crippen LogP contribution in [0.5, 0.6) is 0 Å². The summed E-state index contributed by atoms with van der Waals surface area (Å²) < 4.78 is 1.02. The van der Waals surface area contributed by atoms with E-state index in [0.29, 0.717) is 0 Å². The van der Waals surface area contributed by atoms with Crippen LogP contribution in [0.3, 0.4) is 0 Å². The van der Waals surface area contributed by atoms with Crippen molar-refractivity contribution in [2.45, 2.75) is 26.7 Å². The highest BCUT2D eigenvalue weighted by molar-refractivity contribution is 9.10. The largest absolute Gasteiger partial charge is 0.323 e. The van der Waals surface area contributed by atoms with Gasteiger partial charge >= 0.3 is 0 Å². The lowest BCUT2D eigenvalue weighted by molar-refractivity contribution is 0.889. The fourth-order valence-electron chi connectivity index (χ4n) is 1.98. The van der Waals surface area contributed by atoms with Crippen molar-refractivity contribution in [3.63, 3.8) is 0 Å². The van der Waals surface area contributed by atoms with Crippen molar-refractivity contribution >= 4 is 32.5 Å². The Kier molecular flexibility index (Phi) is 3.64. The van der Waals surface area contributed by atoms with Gasteiger partial charge in [0.2, 0.25) is 0 Å². The summed E-state index contributed by atoms with van der Waals surface area (Å²) in [5.41, 5.74) is 6.92. The molecule has 0 aliphatic heterocycles. The number of anilines is 1. The van der Waals surface area contributed by atoms with E-state index in [0.717, 1.165) is 39.6 Å². The Balaban J connectivity index is 2.73. The molecule has 0 fully saturated rings. The molecule has 1 aromatic heterocycles. The number of benzene rings is 1. The number of aromatic nitrogens is 1. The van der Waals surface area contributed by atoms with Crippen molar-refractivity contribution in [1.82, 2.24) is 4.98 Å². The van der Waals surface area contributed by atoms with Gasteiger partial charge in [0, 0.05) is 15.6 Å². The van der Waals surface area contributed by atoms with Crippen LogP contribution in [0.15, 0.2) is 22.7 Å². The first-order valence-corrected chi connectivity index (χ1v) is 6.51. The second-order valence-corrected chi connectivity index (χ2v) is 5.05. The van der Waals surface area contributed by atoms with Crippen LogP contribution in [0.25, 0.3) is 10.9 Å². The number of hydrogen-bond acceptors (Lipinski definition) is 3. The van der Waals surface area contributed by atoms with Gasteiger partial charge in [-0.1, -0.05) is 13.3 Å². The lowest BCUT2D eigenvalue weighted by Crippen LogP contribution is -2.08. The van der Waals surface area contributed by atoms with Crippen LogP contribution in [0.4, 0.5) is 5.69 Å². The summed E-state index contributed by atoms with van der Waals surface area (Å²) in [6.45, 7) is 4.20. The van der Waals surface area contributed by atoms with Crippen molar-refractivity contribution in [1.29, 1.82) is 0 Å². The SMILES string of the molecule is CCCc1cc(NN)c2cc(C)cc(Br)c2n1. The molecule has 0 unspecified atom stereocenters. The maximum atomic E-state index is 5.59. The van der Waals surface area contributed by atoms with E-state index < -0.39 is 0 Å². The number of hydrazine groups is 1. The van der Waals surface area contributed by atoms with Crippen molar-refractivity contribution in [2.24, 2.45) is 5.84 Å². The summed E-state index contributed by atoms with van der Waals surface area (Å²) in [5.74, 6) is 5.59. The van der Waals surface area contributed by atoms with Crippen molar-refractivity contribution in [2.75, 3.05) is 5.43 Å². The van der Waals surface area contributed by atoms with Crippen LogP contribution in [0, 0.1) is 6.92 Å². The number of fused-ring (bicyclic) bond motifs is 1. The van der Waals surface area contributed by atoms with E-state index in [-0.39, 0.29) is 0 Å². The summed E-state index contributed by atoms with van der Waals surface area (Å²) >= 11 is 3.57. The van der Waals surface area contributed by atoms with Crippen molar-refractivity contribution < 1.29 is 0 Å². The van der Waals surface area contributed by atoms with Crippen LogP contribution in [-0.2, 0) is 6.42 Å². The quantitative estimate of drug-likeness (QED) is 0.672. The summed E-state index contributed by atoms with van der Waals surface area (Å²) in [5, 5.41) is 1.05. The molecule has 0 radical (unpaired) electrons. The zero-order valence-corrected chi connectivity index (χ0v) is 11.6. The second kappa shape index (κ2) is 5.02.